The van der Waals surface area contributed by atoms with Crippen LogP contribution >= 0.6 is 0 Å². The Labute approximate surface area is 137 Å². The Hall–Kier alpha value is -2.11. The van der Waals surface area contributed by atoms with Crippen LogP contribution in [0.1, 0.15) is 0 Å². The summed E-state index contributed by atoms with van der Waals surface area (Å²) >= 11 is 0. The number of aliphatic hydroxyl groups is 5. The molecule has 0 aliphatic carbocycles. The van der Waals surface area contributed by atoms with Crippen molar-refractivity contribution < 1.29 is 34.7 Å². The number of anilines is 1. The molecule has 9 nitrogen and oxygen atoms in total. The number of carbonyl (C=O) groups is 1. The monoisotopic (exact) mass is 345 g/mol. The van der Waals surface area contributed by atoms with Crippen molar-refractivity contribution in [1.82, 2.24) is 5.43 Å². The fourth-order valence-corrected chi connectivity index (χ4v) is 1.60. The molecule has 1 rings (SSSR count). The number of hydrazone groups is 1. The number of nitrogens with one attached hydrogen (secondary N) is 2. The lowest BCUT2D eigenvalue weighted by atomic mass is 10.0. The summed E-state index contributed by atoms with van der Waals surface area (Å²) in [6.45, 7) is -0.971. The number of carbonyl (C=O) groups excluding carboxylic acids is 1. The van der Waals surface area contributed by atoms with Crippen LogP contribution in [0, 0.1) is 5.82 Å². The molecule has 0 aliphatic rings. The topological polar surface area (TPSA) is 155 Å². The maximum atomic E-state index is 12.7. The van der Waals surface area contributed by atoms with Gasteiger partial charge in [-0.2, -0.15) is 5.10 Å². The van der Waals surface area contributed by atoms with Gasteiger partial charge in [-0.05, 0) is 24.3 Å². The van der Waals surface area contributed by atoms with E-state index >= 15 is 0 Å². The Morgan fingerprint density at radius 3 is 2.38 bits per heavy atom. The first-order valence-electron chi connectivity index (χ1n) is 6.99. The summed E-state index contributed by atoms with van der Waals surface area (Å²) < 4.78 is 12.7. The second kappa shape index (κ2) is 9.90. The van der Waals surface area contributed by atoms with Gasteiger partial charge in [0.1, 0.15) is 30.2 Å². The molecule has 10 heteroatoms. The molecule has 0 saturated heterocycles. The van der Waals surface area contributed by atoms with Crippen molar-refractivity contribution in [1.29, 1.82) is 0 Å². The molecule has 1 aromatic rings. The van der Waals surface area contributed by atoms with Crippen molar-refractivity contribution in [3.05, 3.63) is 30.1 Å². The summed E-state index contributed by atoms with van der Waals surface area (Å²) in [6.07, 6.45) is -6.13. The molecular formula is C14H20FN3O6. The highest BCUT2D eigenvalue weighted by molar-refractivity contribution is 5.81. The summed E-state index contributed by atoms with van der Waals surface area (Å²) in [4.78, 5) is 11.5. The zero-order chi connectivity index (χ0) is 18.1. The number of hydrogen-bond acceptors (Lipinski definition) is 8. The maximum absolute atomic E-state index is 12.7. The van der Waals surface area contributed by atoms with Gasteiger partial charge in [-0.1, -0.05) is 0 Å². The van der Waals surface area contributed by atoms with E-state index in [-0.39, 0.29) is 6.54 Å². The van der Waals surface area contributed by atoms with Crippen LogP contribution in [0.2, 0.25) is 0 Å². The van der Waals surface area contributed by atoms with E-state index in [0.29, 0.717) is 5.69 Å². The number of halogens is 1. The average Bonchev–Trinajstić information content (AvgIpc) is 2.59. The van der Waals surface area contributed by atoms with Crippen LogP contribution in [0.3, 0.4) is 0 Å². The molecule has 4 unspecified atom stereocenters. The second-order valence-electron chi connectivity index (χ2n) is 4.90. The minimum atomic E-state index is -1.80. The molecule has 0 aliphatic heterocycles. The third kappa shape index (κ3) is 6.56. The number of nitrogens with zero attached hydrogens (tertiary/aromatic N) is 1. The van der Waals surface area contributed by atoms with Crippen LogP contribution in [0.15, 0.2) is 29.4 Å². The van der Waals surface area contributed by atoms with E-state index in [1.807, 2.05) is 0 Å². The van der Waals surface area contributed by atoms with Crippen LogP contribution in [0.4, 0.5) is 10.1 Å². The lowest BCUT2D eigenvalue weighted by Gasteiger charge is -2.23. The SMILES string of the molecule is O=C(CNc1ccc(F)cc1)N/N=C/C(O)C(O)C(O)C(O)CO. The molecule has 0 spiro atoms. The number of rotatable bonds is 9. The largest absolute Gasteiger partial charge is 0.394 e. The molecule has 0 heterocycles. The van der Waals surface area contributed by atoms with Crippen LogP contribution in [0.5, 0.6) is 0 Å². The Balaban J connectivity index is 2.37. The van der Waals surface area contributed by atoms with E-state index in [1.54, 1.807) is 0 Å². The summed E-state index contributed by atoms with van der Waals surface area (Å²) in [5.74, 6) is -0.983. The first kappa shape index (κ1) is 19.9. The standard InChI is InChI=1S/C14H20FN3O6/c15-8-1-3-9(4-2-8)16-6-12(22)18-17-5-10(20)13(23)14(24)11(21)7-19/h1-5,10-11,13-14,16,19-21,23-24H,6-7H2,(H,18,22)/b17-5+. The van der Waals surface area contributed by atoms with Crippen molar-refractivity contribution in [3.8, 4) is 0 Å². The van der Waals surface area contributed by atoms with Crippen molar-refractivity contribution in [2.75, 3.05) is 18.5 Å². The molecule has 0 bridgehead atoms. The van der Waals surface area contributed by atoms with E-state index in [9.17, 15) is 24.5 Å². The van der Waals surface area contributed by atoms with Crippen molar-refractivity contribution in [3.63, 3.8) is 0 Å². The molecule has 0 fully saturated rings. The lowest BCUT2D eigenvalue weighted by molar-refractivity contribution is -0.119. The Morgan fingerprint density at radius 1 is 1.17 bits per heavy atom. The lowest BCUT2D eigenvalue weighted by Crippen LogP contribution is -2.46. The van der Waals surface area contributed by atoms with Crippen LogP contribution in [-0.2, 0) is 4.79 Å². The normalized spacial score (nSPS) is 16.4. The van der Waals surface area contributed by atoms with E-state index in [2.05, 4.69) is 15.8 Å². The highest BCUT2D eigenvalue weighted by Gasteiger charge is 2.29. The van der Waals surface area contributed by atoms with Crippen LogP contribution in [0.25, 0.3) is 0 Å². The predicted molar refractivity (Wildman–Crippen MR) is 82.6 cm³/mol. The molecule has 1 amide bonds. The fourth-order valence-electron chi connectivity index (χ4n) is 1.60. The van der Waals surface area contributed by atoms with Gasteiger partial charge >= 0.3 is 0 Å². The fraction of sp³-hybridized carbons (Fsp3) is 0.429. The molecule has 1 aromatic carbocycles. The predicted octanol–water partition coefficient (Wildman–Crippen LogP) is -2.22. The van der Waals surface area contributed by atoms with E-state index < -0.39 is 42.7 Å². The van der Waals surface area contributed by atoms with Crippen molar-refractivity contribution in [2.45, 2.75) is 24.4 Å². The van der Waals surface area contributed by atoms with Gasteiger partial charge in [-0.25, -0.2) is 9.82 Å². The number of aliphatic hydroxyl groups excluding tert-OH is 5. The Bertz CT molecular complexity index is 542. The first-order valence-corrected chi connectivity index (χ1v) is 6.99. The van der Waals surface area contributed by atoms with Gasteiger partial charge in [0.25, 0.3) is 5.91 Å². The molecule has 0 saturated carbocycles. The highest BCUT2D eigenvalue weighted by Crippen LogP contribution is 2.07. The summed E-state index contributed by atoms with van der Waals surface area (Å²) in [6, 6.07) is 5.34. The van der Waals surface area contributed by atoms with E-state index in [4.69, 9.17) is 10.2 Å². The minimum Gasteiger partial charge on any atom is -0.394 e. The Kier molecular flexibility index (Phi) is 8.22. The summed E-state index contributed by atoms with van der Waals surface area (Å²) in [7, 11) is 0. The van der Waals surface area contributed by atoms with Gasteiger partial charge in [0.15, 0.2) is 0 Å². The molecular weight excluding hydrogens is 325 g/mol. The van der Waals surface area contributed by atoms with Crippen molar-refractivity contribution in [2.24, 2.45) is 5.10 Å². The third-order valence-corrected chi connectivity index (χ3v) is 2.99. The van der Waals surface area contributed by atoms with Gasteiger partial charge < -0.3 is 30.8 Å². The van der Waals surface area contributed by atoms with E-state index in [1.165, 1.54) is 24.3 Å². The highest BCUT2D eigenvalue weighted by atomic mass is 19.1. The van der Waals surface area contributed by atoms with Gasteiger partial charge in [-0.3, -0.25) is 4.79 Å². The maximum Gasteiger partial charge on any atom is 0.259 e. The molecule has 0 aromatic heterocycles. The summed E-state index contributed by atoms with van der Waals surface area (Å²) in [5.41, 5.74) is 2.58. The molecule has 7 N–H and O–H groups in total. The van der Waals surface area contributed by atoms with E-state index in [0.717, 1.165) is 6.21 Å². The van der Waals surface area contributed by atoms with Crippen molar-refractivity contribution >= 4 is 17.8 Å². The smallest absolute Gasteiger partial charge is 0.259 e. The van der Waals surface area contributed by atoms with Gasteiger partial charge in [0.05, 0.1) is 19.4 Å². The number of hydrogen-bond donors (Lipinski definition) is 7. The molecule has 134 valence electrons. The average molecular weight is 345 g/mol. The second-order valence-corrected chi connectivity index (χ2v) is 4.90. The summed E-state index contributed by atoms with van der Waals surface area (Å²) in [5, 5.41) is 52.3. The Morgan fingerprint density at radius 2 is 1.79 bits per heavy atom. The first-order chi connectivity index (χ1) is 11.3. The molecule has 24 heavy (non-hydrogen) atoms. The minimum absolute atomic E-state index is 0.173. The number of amides is 1. The quantitative estimate of drug-likeness (QED) is 0.197. The molecule has 4 atom stereocenters. The molecule has 0 radical (unpaired) electrons. The van der Waals surface area contributed by atoms with Gasteiger partial charge in [0.2, 0.25) is 0 Å². The zero-order valence-electron chi connectivity index (χ0n) is 12.6. The number of benzene rings is 1. The van der Waals surface area contributed by atoms with Crippen LogP contribution < -0.4 is 10.7 Å². The van der Waals surface area contributed by atoms with Gasteiger partial charge in [0, 0.05) is 5.69 Å². The third-order valence-electron chi connectivity index (χ3n) is 2.99. The van der Waals surface area contributed by atoms with Crippen LogP contribution in [-0.4, -0.2) is 75.2 Å². The van der Waals surface area contributed by atoms with Gasteiger partial charge in [-0.15, -0.1) is 0 Å². The zero-order valence-corrected chi connectivity index (χ0v) is 12.6.